The Morgan fingerprint density at radius 1 is 1.17 bits per heavy atom. The summed E-state index contributed by atoms with van der Waals surface area (Å²) in [7, 11) is 1.33. The molecule has 0 atom stereocenters. The summed E-state index contributed by atoms with van der Waals surface area (Å²) in [6.07, 6.45) is 1.64. The van der Waals surface area contributed by atoms with Crippen molar-refractivity contribution < 1.29 is 18.9 Å². The highest BCUT2D eigenvalue weighted by Crippen LogP contribution is 2.28. The minimum atomic E-state index is -0.598. The monoisotopic (exact) mass is 390 g/mol. The van der Waals surface area contributed by atoms with Gasteiger partial charge in [0.2, 0.25) is 5.89 Å². The summed E-state index contributed by atoms with van der Waals surface area (Å²) in [6.45, 7) is 0. The minimum Gasteiger partial charge on any atom is -0.490 e. The second-order valence-corrected chi connectivity index (χ2v) is 6.02. The van der Waals surface area contributed by atoms with Crippen molar-refractivity contribution in [2.45, 2.75) is 0 Å². The maximum atomic E-state index is 12.4. The van der Waals surface area contributed by atoms with E-state index in [-0.39, 0.29) is 17.0 Å². The number of hydrogen-bond donors (Lipinski definition) is 1. The first-order chi connectivity index (χ1) is 14.0. The van der Waals surface area contributed by atoms with Gasteiger partial charge in [-0.05, 0) is 48.5 Å². The third-order valence-electron chi connectivity index (χ3n) is 4.19. The zero-order valence-electron chi connectivity index (χ0n) is 15.2. The average Bonchev–Trinajstić information content (AvgIpc) is 3.18. The van der Waals surface area contributed by atoms with E-state index >= 15 is 0 Å². The van der Waals surface area contributed by atoms with E-state index in [4.69, 9.17) is 9.15 Å². The number of aromatic nitrogens is 2. The topological polar surface area (TPSA) is 120 Å². The number of pyridine rings is 1. The quantitative estimate of drug-likeness (QED) is 0.403. The Morgan fingerprint density at radius 3 is 2.66 bits per heavy atom. The summed E-state index contributed by atoms with van der Waals surface area (Å²) in [4.78, 5) is 31.4. The molecule has 0 radical (unpaired) electrons. The van der Waals surface area contributed by atoms with Crippen LogP contribution in [0, 0.1) is 10.1 Å². The molecule has 0 saturated carbocycles. The van der Waals surface area contributed by atoms with Crippen molar-refractivity contribution in [1.82, 2.24) is 9.97 Å². The van der Waals surface area contributed by atoms with E-state index < -0.39 is 10.8 Å². The van der Waals surface area contributed by atoms with Gasteiger partial charge in [-0.2, -0.15) is 4.98 Å². The number of carbonyl (C=O) groups is 1. The van der Waals surface area contributed by atoms with E-state index in [9.17, 15) is 14.9 Å². The van der Waals surface area contributed by atoms with Crippen molar-refractivity contribution in [2.75, 3.05) is 12.4 Å². The highest BCUT2D eigenvalue weighted by molar-refractivity contribution is 6.04. The summed E-state index contributed by atoms with van der Waals surface area (Å²) in [5.41, 5.74) is 2.21. The molecule has 0 saturated heterocycles. The van der Waals surface area contributed by atoms with E-state index in [1.165, 1.54) is 25.3 Å². The summed E-state index contributed by atoms with van der Waals surface area (Å²) >= 11 is 0. The number of nitro benzene ring substituents is 1. The summed E-state index contributed by atoms with van der Waals surface area (Å²) in [6, 6.07) is 14.4. The average molecular weight is 390 g/mol. The van der Waals surface area contributed by atoms with Crippen molar-refractivity contribution in [3.05, 3.63) is 76.5 Å². The molecule has 0 aliphatic heterocycles. The standard InChI is InChI=1S/C20H14N4O5/c1-28-16-9-6-13(11-15(16)24(26)27)19(25)22-14-7-4-12(5-8-14)20-23-18-17(29-20)3-2-10-21-18/h2-11H,1H3,(H,22,25). The molecule has 4 aromatic rings. The number of anilines is 1. The number of benzene rings is 2. The Morgan fingerprint density at radius 2 is 1.97 bits per heavy atom. The Bertz CT molecular complexity index is 1180. The first-order valence-electron chi connectivity index (χ1n) is 8.51. The van der Waals surface area contributed by atoms with E-state index in [1.807, 2.05) is 0 Å². The van der Waals surface area contributed by atoms with Crippen LogP contribution in [0.25, 0.3) is 22.7 Å². The van der Waals surface area contributed by atoms with Gasteiger partial charge in [0, 0.05) is 29.1 Å². The molecule has 4 rings (SSSR count). The van der Waals surface area contributed by atoms with Gasteiger partial charge in [-0.1, -0.05) is 0 Å². The van der Waals surface area contributed by atoms with Gasteiger partial charge in [-0.3, -0.25) is 14.9 Å². The van der Waals surface area contributed by atoms with Gasteiger partial charge in [-0.25, -0.2) is 4.98 Å². The normalized spacial score (nSPS) is 10.7. The zero-order valence-corrected chi connectivity index (χ0v) is 15.2. The molecule has 2 aromatic carbocycles. The second kappa shape index (κ2) is 7.39. The Labute approximate surface area is 164 Å². The van der Waals surface area contributed by atoms with Gasteiger partial charge in [0.1, 0.15) is 0 Å². The number of nitrogens with one attached hydrogen (secondary N) is 1. The van der Waals surface area contributed by atoms with Crippen LogP contribution in [0.15, 0.2) is 65.2 Å². The van der Waals surface area contributed by atoms with E-state index in [2.05, 4.69) is 15.3 Å². The molecule has 2 heterocycles. The molecule has 29 heavy (non-hydrogen) atoms. The van der Waals surface area contributed by atoms with E-state index in [0.717, 1.165) is 5.56 Å². The molecule has 0 spiro atoms. The Balaban J connectivity index is 1.53. The molecule has 0 unspecified atom stereocenters. The number of ether oxygens (including phenoxy) is 1. The molecule has 0 bridgehead atoms. The van der Waals surface area contributed by atoms with Crippen molar-refractivity contribution in [3.63, 3.8) is 0 Å². The third-order valence-corrected chi connectivity index (χ3v) is 4.19. The largest absolute Gasteiger partial charge is 0.490 e. The lowest BCUT2D eigenvalue weighted by Crippen LogP contribution is -2.12. The molecular formula is C20H14N4O5. The lowest BCUT2D eigenvalue weighted by molar-refractivity contribution is -0.385. The van der Waals surface area contributed by atoms with Crippen molar-refractivity contribution in [3.8, 4) is 17.2 Å². The fourth-order valence-electron chi connectivity index (χ4n) is 2.77. The lowest BCUT2D eigenvalue weighted by Gasteiger charge is -2.07. The number of amides is 1. The second-order valence-electron chi connectivity index (χ2n) is 6.02. The Hall–Kier alpha value is -4.27. The number of oxazole rings is 1. The van der Waals surface area contributed by atoms with E-state index in [0.29, 0.717) is 22.8 Å². The zero-order chi connectivity index (χ0) is 20.4. The molecule has 1 N–H and O–H groups in total. The van der Waals surface area contributed by atoms with E-state index in [1.54, 1.807) is 42.6 Å². The lowest BCUT2D eigenvalue weighted by atomic mass is 10.1. The first kappa shape index (κ1) is 18.1. The highest BCUT2D eigenvalue weighted by atomic mass is 16.6. The fourth-order valence-corrected chi connectivity index (χ4v) is 2.77. The molecular weight excluding hydrogens is 376 g/mol. The molecule has 0 aliphatic rings. The molecule has 9 heteroatoms. The predicted molar refractivity (Wildman–Crippen MR) is 105 cm³/mol. The number of carbonyl (C=O) groups excluding carboxylic acids is 1. The Kier molecular flexibility index (Phi) is 4.62. The number of nitrogens with zero attached hydrogens (tertiary/aromatic N) is 3. The van der Waals surface area contributed by atoms with Gasteiger partial charge < -0.3 is 14.5 Å². The summed E-state index contributed by atoms with van der Waals surface area (Å²) < 4.78 is 10.6. The first-order valence-corrected chi connectivity index (χ1v) is 8.51. The van der Waals surface area contributed by atoms with Crippen molar-refractivity contribution >= 4 is 28.5 Å². The van der Waals surface area contributed by atoms with Crippen LogP contribution >= 0.6 is 0 Å². The molecule has 0 aliphatic carbocycles. The van der Waals surface area contributed by atoms with Crippen LogP contribution in [0.5, 0.6) is 5.75 Å². The van der Waals surface area contributed by atoms with Crippen molar-refractivity contribution in [1.29, 1.82) is 0 Å². The number of methoxy groups -OCH3 is 1. The van der Waals surface area contributed by atoms with Gasteiger partial charge in [-0.15, -0.1) is 0 Å². The maximum absolute atomic E-state index is 12.4. The SMILES string of the molecule is COc1ccc(C(=O)Nc2ccc(-c3nc4ncccc4o3)cc2)cc1[N+](=O)[O-]. The third kappa shape index (κ3) is 3.61. The summed E-state index contributed by atoms with van der Waals surface area (Å²) in [5, 5.41) is 13.8. The van der Waals surface area contributed by atoms with Gasteiger partial charge in [0.05, 0.1) is 12.0 Å². The maximum Gasteiger partial charge on any atom is 0.311 e. The minimum absolute atomic E-state index is 0.0868. The molecule has 9 nitrogen and oxygen atoms in total. The van der Waals surface area contributed by atoms with Gasteiger partial charge >= 0.3 is 5.69 Å². The van der Waals surface area contributed by atoms with Crippen LogP contribution in [0.3, 0.4) is 0 Å². The molecule has 1 amide bonds. The molecule has 0 fully saturated rings. The van der Waals surface area contributed by atoms with Crippen molar-refractivity contribution in [2.24, 2.45) is 0 Å². The molecule has 144 valence electrons. The number of hydrogen-bond acceptors (Lipinski definition) is 7. The highest BCUT2D eigenvalue weighted by Gasteiger charge is 2.18. The number of nitro groups is 1. The van der Waals surface area contributed by atoms with Crippen LogP contribution in [0.4, 0.5) is 11.4 Å². The number of rotatable bonds is 5. The van der Waals surface area contributed by atoms with Crippen LogP contribution < -0.4 is 10.1 Å². The van der Waals surface area contributed by atoms with Crippen LogP contribution in [-0.2, 0) is 0 Å². The smallest absolute Gasteiger partial charge is 0.311 e. The fraction of sp³-hybridized carbons (Fsp3) is 0.0500. The molecule has 2 aromatic heterocycles. The van der Waals surface area contributed by atoms with Crippen LogP contribution in [0.2, 0.25) is 0 Å². The number of fused-ring (bicyclic) bond motifs is 1. The summed E-state index contributed by atoms with van der Waals surface area (Å²) in [5.74, 6) is 0.0284. The predicted octanol–water partition coefficient (Wildman–Crippen LogP) is 4.06. The van der Waals surface area contributed by atoms with Crippen LogP contribution in [0.1, 0.15) is 10.4 Å². The van der Waals surface area contributed by atoms with Gasteiger partial charge in [0.25, 0.3) is 5.91 Å². The van der Waals surface area contributed by atoms with Crippen LogP contribution in [-0.4, -0.2) is 27.9 Å². The van der Waals surface area contributed by atoms with Gasteiger partial charge in [0.15, 0.2) is 17.0 Å².